The first-order valence-electron chi connectivity index (χ1n) is 20.0. The van der Waals surface area contributed by atoms with E-state index in [9.17, 15) is 0 Å². The van der Waals surface area contributed by atoms with E-state index < -0.39 is 8.07 Å². The van der Waals surface area contributed by atoms with Gasteiger partial charge in [-0.25, -0.2) is 0 Å². The van der Waals surface area contributed by atoms with Crippen molar-refractivity contribution in [2.75, 3.05) is 0 Å². The van der Waals surface area contributed by atoms with Gasteiger partial charge in [-0.2, -0.15) is 0 Å². The Morgan fingerprint density at radius 1 is 0.488 bits per heavy atom. The number of fused-ring (bicyclic) bond motifs is 3. The molecule has 7 aliphatic rings. The van der Waals surface area contributed by atoms with Crippen LogP contribution in [-0.4, -0.2) is 8.07 Å². The van der Waals surface area contributed by atoms with E-state index in [-0.39, 0.29) is 0 Å². The lowest BCUT2D eigenvalue weighted by molar-refractivity contribution is 0.0259. The number of hydrogen-bond acceptors (Lipinski definition) is 0. The van der Waals surface area contributed by atoms with Crippen LogP contribution in [0.4, 0.5) is 0 Å². The van der Waals surface area contributed by atoms with Gasteiger partial charge >= 0.3 is 0 Å². The molecule has 13 atom stereocenters. The molecule has 0 amide bonds. The van der Waals surface area contributed by atoms with Crippen LogP contribution in [-0.2, 0) is 0 Å². The Bertz CT molecular complexity index is 855. The van der Waals surface area contributed by atoms with Crippen molar-refractivity contribution >= 4 is 8.07 Å². The minimum atomic E-state index is -1.34. The van der Waals surface area contributed by atoms with Gasteiger partial charge in [-0.05, 0) is 127 Å². The van der Waals surface area contributed by atoms with E-state index in [1.807, 2.05) is 0 Å². The van der Waals surface area contributed by atoms with Crippen LogP contribution in [0.5, 0.6) is 0 Å². The molecule has 0 saturated heterocycles. The lowest BCUT2D eigenvalue weighted by Crippen LogP contribution is -2.46. The zero-order valence-electron chi connectivity index (χ0n) is 28.1. The van der Waals surface area contributed by atoms with Gasteiger partial charge in [0.05, 0.1) is 8.07 Å². The average molecular weight is 579 g/mol. The summed E-state index contributed by atoms with van der Waals surface area (Å²) >= 11 is 0. The van der Waals surface area contributed by atoms with Crippen LogP contribution in [0.1, 0.15) is 155 Å². The molecule has 0 radical (unpaired) electrons. The van der Waals surface area contributed by atoms with Gasteiger partial charge in [-0.15, -0.1) is 0 Å². The summed E-state index contributed by atoms with van der Waals surface area (Å²) in [6.45, 7) is 11.1. The zero-order chi connectivity index (χ0) is 28.1. The number of rotatable bonds is 7. The van der Waals surface area contributed by atoms with Crippen LogP contribution in [0, 0.1) is 71.0 Å². The lowest BCUT2D eigenvalue weighted by Gasteiger charge is -2.50. The molecule has 0 spiro atoms. The van der Waals surface area contributed by atoms with Crippen molar-refractivity contribution < 1.29 is 0 Å². The lowest BCUT2D eigenvalue weighted by atomic mass is 9.58. The van der Waals surface area contributed by atoms with Gasteiger partial charge in [0, 0.05) is 0 Å². The van der Waals surface area contributed by atoms with Gasteiger partial charge in [0.25, 0.3) is 0 Å². The average Bonchev–Trinajstić information content (AvgIpc) is 3.73. The van der Waals surface area contributed by atoms with Crippen molar-refractivity contribution in [3.8, 4) is 0 Å². The molecular formula is C40H70Si. The second-order valence-electron chi connectivity index (χ2n) is 18.5. The Morgan fingerprint density at radius 3 is 1.80 bits per heavy atom. The molecule has 7 fully saturated rings. The van der Waals surface area contributed by atoms with Crippen LogP contribution in [0.3, 0.4) is 0 Å². The molecule has 1 heteroatoms. The van der Waals surface area contributed by atoms with Gasteiger partial charge in [-0.1, -0.05) is 123 Å². The predicted molar refractivity (Wildman–Crippen MR) is 180 cm³/mol. The maximum absolute atomic E-state index is 2.99. The Kier molecular flexibility index (Phi) is 9.15. The fourth-order valence-electron chi connectivity index (χ4n) is 15.0. The first kappa shape index (κ1) is 29.9. The smallest absolute Gasteiger partial charge is 0.0541 e. The van der Waals surface area contributed by atoms with Crippen LogP contribution in [0.15, 0.2) is 0 Å². The Morgan fingerprint density at radius 2 is 1.05 bits per heavy atom. The Labute approximate surface area is 257 Å². The fraction of sp³-hybridized carbons (Fsp3) is 1.00. The van der Waals surface area contributed by atoms with Gasteiger partial charge < -0.3 is 0 Å². The highest BCUT2D eigenvalue weighted by molar-refractivity contribution is 6.80. The zero-order valence-corrected chi connectivity index (χ0v) is 29.1. The molecule has 7 rings (SSSR count). The van der Waals surface area contributed by atoms with E-state index in [0.29, 0.717) is 0 Å². The van der Waals surface area contributed by atoms with Gasteiger partial charge in [-0.3, -0.25) is 0 Å². The molecule has 7 saturated carbocycles. The molecule has 234 valence electrons. The van der Waals surface area contributed by atoms with E-state index >= 15 is 0 Å². The summed E-state index contributed by atoms with van der Waals surface area (Å²) in [5.41, 5.74) is 2.33. The minimum absolute atomic E-state index is 0.985. The van der Waals surface area contributed by atoms with Crippen molar-refractivity contribution in [3.05, 3.63) is 0 Å². The molecule has 0 aliphatic heterocycles. The summed E-state index contributed by atoms with van der Waals surface area (Å²) in [5.74, 6) is 13.3. The third-order valence-corrected chi connectivity index (χ3v) is 21.9. The largest absolute Gasteiger partial charge is 0.0689 e. The third-order valence-electron chi connectivity index (χ3n) is 16.7. The first-order chi connectivity index (χ1) is 20.0. The van der Waals surface area contributed by atoms with Crippen molar-refractivity contribution in [2.24, 2.45) is 71.0 Å². The second-order valence-corrected chi connectivity index (χ2v) is 23.6. The highest BCUT2D eigenvalue weighted by atomic mass is 28.3. The quantitative estimate of drug-likeness (QED) is 0.264. The standard InChI is InChI=1S/C40H70Si/c1-5-13-27(2)36-26-40(38-25-30-17-11-16-29(30)24-37(36)38)41(3,4)39-23-22-34-33(20-12-21-35(34)39)32-19-10-9-18-31(32)28-14-7-6-8-15-28/h27-40H,5-26H2,1-4H3. The normalized spacial score (nSPS) is 48.0. The molecule has 0 aromatic rings. The highest BCUT2D eigenvalue weighted by Gasteiger charge is 2.59. The summed E-state index contributed by atoms with van der Waals surface area (Å²) in [5, 5.41) is 0. The topological polar surface area (TPSA) is 0 Å². The van der Waals surface area contributed by atoms with Crippen LogP contribution in [0.25, 0.3) is 0 Å². The van der Waals surface area contributed by atoms with Crippen LogP contribution < -0.4 is 0 Å². The molecule has 0 aromatic heterocycles. The van der Waals surface area contributed by atoms with Crippen molar-refractivity contribution in [1.29, 1.82) is 0 Å². The van der Waals surface area contributed by atoms with E-state index in [1.54, 1.807) is 122 Å². The first-order valence-corrected chi connectivity index (χ1v) is 23.1. The summed E-state index contributed by atoms with van der Waals surface area (Å²) in [6.07, 6.45) is 34.9. The minimum Gasteiger partial charge on any atom is -0.0689 e. The molecule has 0 nitrogen and oxygen atoms in total. The molecule has 7 aliphatic carbocycles. The monoisotopic (exact) mass is 579 g/mol. The molecule has 41 heavy (non-hydrogen) atoms. The summed E-state index contributed by atoms with van der Waals surface area (Å²) in [7, 11) is -1.34. The molecule has 13 unspecified atom stereocenters. The Hall–Kier alpha value is 0.217. The third kappa shape index (κ3) is 5.51. The second kappa shape index (κ2) is 12.5. The van der Waals surface area contributed by atoms with E-state index in [1.165, 1.54) is 24.8 Å². The molecule has 0 aromatic carbocycles. The van der Waals surface area contributed by atoms with Crippen LogP contribution >= 0.6 is 0 Å². The highest BCUT2D eigenvalue weighted by Crippen LogP contribution is 2.67. The molecule has 0 heterocycles. The van der Waals surface area contributed by atoms with Gasteiger partial charge in [0.1, 0.15) is 0 Å². The van der Waals surface area contributed by atoms with Crippen molar-refractivity contribution in [1.82, 2.24) is 0 Å². The summed E-state index contributed by atoms with van der Waals surface area (Å²) in [4.78, 5) is 0. The maximum Gasteiger partial charge on any atom is 0.0541 e. The van der Waals surface area contributed by atoms with E-state index in [2.05, 4.69) is 26.9 Å². The van der Waals surface area contributed by atoms with Crippen molar-refractivity contribution in [3.63, 3.8) is 0 Å². The van der Waals surface area contributed by atoms with E-state index in [0.717, 1.165) is 76.6 Å². The van der Waals surface area contributed by atoms with Crippen LogP contribution in [0.2, 0.25) is 24.2 Å². The molecule has 0 bridgehead atoms. The van der Waals surface area contributed by atoms with E-state index in [4.69, 9.17) is 0 Å². The van der Waals surface area contributed by atoms with Gasteiger partial charge in [0.2, 0.25) is 0 Å². The number of hydrogen-bond donors (Lipinski definition) is 0. The summed E-state index contributed by atoms with van der Waals surface area (Å²) in [6, 6.07) is 0. The molecule has 0 N–H and O–H groups in total. The predicted octanol–water partition coefficient (Wildman–Crippen LogP) is 12.5. The fourth-order valence-corrected chi connectivity index (χ4v) is 20.4. The maximum atomic E-state index is 2.99. The SMILES string of the molecule is CCCC(C)C1CC([Si](C)(C)C2CCC3C(C4CCCCC4C4CCCCC4)CCCC32)C2CC3CCCC3CC12. The van der Waals surface area contributed by atoms with Gasteiger partial charge in [0.15, 0.2) is 0 Å². The summed E-state index contributed by atoms with van der Waals surface area (Å²) < 4.78 is 0. The molecular weight excluding hydrogens is 509 g/mol. The Balaban J connectivity index is 1.10. The van der Waals surface area contributed by atoms with Crippen molar-refractivity contribution in [2.45, 2.75) is 179 Å².